The van der Waals surface area contributed by atoms with E-state index >= 15 is 0 Å². The first-order valence-corrected chi connectivity index (χ1v) is 6.77. The third kappa shape index (κ3) is 2.88. The Labute approximate surface area is 112 Å². The van der Waals surface area contributed by atoms with Crippen LogP contribution in [0.1, 0.15) is 23.7 Å². The molecular weight excluding hydrogens is 335 g/mol. The average molecular weight is 346 g/mol. The largest absolute Gasteiger partial charge is 0.345 e. The second kappa shape index (κ2) is 5.05. The Morgan fingerprint density at radius 1 is 1.38 bits per heavy atom. The molecule has 84 valence electrons. The Morgan fingerprint density at radius 3 is 2.62 bits per heavy atom. The minimum Gasteiger partial charge on any atom is -0.345 e. The molecule has 0 fully saturated rings. The van der Waals surface area contributed by atoms with E-state index in [1.165, 1.54) is 0 Å². The predicted molar refractivity (Wildman–Crippen MR) is 73.6 cm³/mol. The van der Waals surface area contributed by atoms with E-state index in [-0.39, 0.29) is 6.04 Å². The number of halogens is 1. The van der Waals surface area contributed by atoms with Crippen LogP contribution in [0.2, 0.25) is 0 Å². The number of aromatic nitrogens is 3. The van der Waals surface area contributed by atoms with Gasteiger partial charge in [0, 0.05) is 27.0 Å². The molecule has 0 saturated carbocycles. The van der Waals surface area contributed by atoms with E-state index in [4.69, 9.17) is 0 Å². The summed E-state index contributed by atoms with van der Waals surface area (Å²) in [5.41, 5.74) is 1.05. The summed E-state index contributed by atoms with van der Waals surface area (Å²) in [5.74, 6) is 0.640. The number of nitrogens with zero attached hydrogens (tertiary/aromatic N) is 3. The van der Waals surface area contributed by atoms with Crippen molar-refractivity contribution in [2.45, 2.75) is 19.9 Å². The van der Waals surface area contributed by atoms with Crippen molar-refractivity contribution in [3.8, 4) is 0 Å². The lowest BCUT2D eigenvalue weighted by Gasteiger charge is -2.10. The van der Waals surface area contributed by atoms with Crippen molar-refractivity contribution >= 4 is 39.9 Å². The predicted octanol–water partition coefficient (Wildman–Crippen LogP) is 3.02. The maximum absolute atomic E-state index is 4.42. The van der Waals surface area contributed by atoms with Gasteiger partial charge in [-0.1, -0.05) is 0 Å². The molecule has 1 N–H and O–H groups in total. The van der Waals surface area contributed by atoms with Gasteiger partial charge in [-0.2, -0.15) is 0 Å². The zero-order valence-electron chi connectivity index (χ0n) is 8.94. The fourth-order valence-corrected chi connectivity index (χ4v) is 2.30. The highest BCUT2D eigenvalue weighted by Crippen LogP contribution is 2.20. The van der Waals surface area contributed by atoms with Gasteiger partial charge in [-0.25, -0.2) is 15.0 Å². The van der Waals surface area contributed by atoms with Gasteiger partial charge < -0.3 is 5.32 Å². The Hall–Kier alpha value is -0.760. The van der Waals surface area contributed by atoms with Crippen LogP contribution in [-0.4, -0.2) is 15.0 Å². The Morgan fingerprint density at radius 2 is 2.06 bits per heavy atom. The molecule has 2 rings (SSSR count). The van der Waals surface area contributed by atoms with Crippen molar-refractivity contribution in [1.82, 2.24) is 15.0 Å². The minimum atomic E-state index is 0.138. The van der Waals surface area contributed by atoms with Crippen molar-refractivity contribution in [3.05, 3.63) is 32.0 Å². The molecule has 2 aromatic rings. The molecule has 4 nitrogen and oxygen atoms in total. The van der Waals surface area contributed by atoms with Crippen LogP contribution in [0.15, 0.2) is 17.8 Å². The molecule has 6 heteroatoms. The number of nitrogens with one attached hydrogen (secondary N) is 1. The van der Waals surface area contributed by atoms with E-state index in [2.05, 4.69) is 49.8 Å². The SMILES string of the molecule is Cc1csc(C(C)Nc2ncc(I)cn2)n1. The highest BCUT2D eigenvalue weighted by Gasteiger charge is 2.10. The molecule has 2 heterocycles. The Kier molecular flexibility index (Phi) is 3.70. The quantitative estimate of drug-likeness (QED) is 0.868. The number of aryl methyl sites for hydroxylation is 1. The van der Waals surface area contributed by atoms with Gasteiger partial charge in [0.2, 0.25) is 5.95 Å². The van der Waals surface area contributed by atoms with Crippen molar-refractivity contribution in [2.24, 2.45) is 0 Å². The summed E-state index contributed by atoms with van der Waals surface area (Å²) in [5, 5.41) is 6.32. The van der Waals surface area contributed by atoms with Crippen LogP contribution in [0.25, 0.3) is 0 Å². The summed E-state index contributed by atoms with van der Waals surface area (Å²) in [6.07, 6.45) is 3.57. The maximum Gasteiger partial charge on any atom is 0.223 e. The summed E-state index contributed by atoms with van der Waals surface area (Å²) in [6.45, 7) is 4.05. The summed E-state index contributed by atoms with van der Waals surface area (Å²) in [7, 11) is 0. The van der Waals surface area contributed by atoms with Crippen LogP contribution in [0, 0.1) is 10.5 Å². The second-order valence-corrected chi connectivity index (χ2v) is 5.55. The van der Waals surface area contributed by atoms with Gasteiger partial charge in [0.05, 0.1) is 6.04 Å². The molecule has 1 atom stereocenters. The molecule has 0 bridgehead atoms. The molecule has 2 aromatic heterocycles. The first-order chi connectivity index (χ1) is 7.65. The third-order valence-electron chi connectivity index (χ3n) is 1.97. The van der Waals surface area contributed by atoms with Crippen LogP contribution in [-0.2, 0) is 0 Å². The van der Waals surface area contributed by atoms with Gasteiger partial charge in [0.15, 0.2) is 0 Å². The van der Waals surface area contributed by atoms with Crippen molar-refractivity contribution < 1.29 is 0 Å². The van der Waals surface area contributed by atoms with Crippen LogP contribution in [0.3, 0.4) is 0 Å². The number of anilines is 1. The first-order valence-electron chi connectivity index (χ1n) is 4.81. The molecule has 16 heavy (non-hydrogen) atoms. The van der Waals surface area contributed by atoms with E-state index in [9.17, 15) is 0 Å². The van der Waals surface area contributed by atoms with E-state index in [0.29, 0.717) is 5.95 Å². The summed E-state index contributed by atoms with van der Waals surface area (Å²) >= 11 is 3.83. The van der Waals surface area contributed by atoms with Gasteiger partial charge >= 0.3 is 0 Å². The van der Waals surface area contributed by atoms with E-state index in [0.717, 1.165) is 14.3 Å². The van der Waals surface area contributed by atoms with Gasteiger partial charge in [0.25, 0.3) is 0 Å². The smallest absolute Gasteiger partial charge is 0.223 e. The lowest BCUT2D eigenvalue weighted by atomic mass is 10.3. The van der Waals surface area contributed by atoms with Crippen LogP contribution < -0.4 is 5.32 Å². The highest BCUT2D eigenvalue weighted by atomic mass is 127. The third-order valence-corrected chi connectivity index (χ3v) is 3.68. The molecule has 0 aromatic carbocycles. The normalized spacial score (nSPS) is 12.4. The molecule has 0 aliphatic heterocycles. The Bertz CT molecular complexity index is 468. The monoisotopic (exact) mass is 346 g/mol. The zero-order chi connectivity index (χ0) is 11.5. The number of thiazole rings is 1. The van der Waals surface area contributed by atoms with Crippen LogP contribution >= 0.6 is 33.9 Å². The van der Waals surface area contributed by atoms with E-state index in [1.54, 1.807) is 23.7 Å². The van der Waals surface area contributed by atoms with E-state index < -0.39 is 0 Å². The van der Waals surface area contributed by atoms with Gasteiger partial charge in [-0.15, -0.1) is 11.3 Å². The van der Waals surface area contributed by atoms with E-state index in [1.807, 2.05) is 12.3 Å². The molecule has 0 amide bonds. The molecule has 0 aliphatic carbocycles. The van der Waals surface area contributed by atoms with Crippen LogP contribution in [0.5, 0.6) is 0 Å². The summed E-state index contributed by atoms with van der Waals surface area (Å²) in [6, 6.07) is 0.138. The zero-order valence-corrected chi connectivity index (χ0v) is 11.9. The summed E-state index contributed by atoms with van der Waals surface area (Å²) < 4.78 is 1.03. The van der Waals surface area contributed by atoms with Crippen molar-refractivity contribution in [2.75, 3.05) is 5.32 Å². The number of hydrogen-bond donors (Lipinski definition) is 1. The average Bonchev–Trinajstić information content (AvgIpc) is 2.68. The molecule has 1 unspecified atom stereocenters. The molecule has 0 radical (unpaired) electrons. The fraction of sp³-hybridized carbons (Fsp3) is 0.300. The maximum atomic E-state index is 4.42. The lowest BCUT2D eigenvalue weighted by molar-refractivity contribution is 0.843. The molecule has 0 spiro atoms. The summed E-state index contributed by atoms with van der Waals surface area (Å²) in [4.78, 5) is 12.8. The topological polar surface area (TPSA) is 50.7 Å². The number of hydrogen-bond acceptors (Lipinski definition) is 5. The fourth-order valence-electron chi connectivity index (χ4n) is 1.21. The van der Waals surface area contributed by atoms with Gasteiger partial charge in [-0.05, 0) is 36.4 Å². The molecular formula is C10H11IN4S. The van der Waals surface area contributed by atoms with Gasteiger partial charge in [0.1, 0.15) is 5.01 Å². The molecule has 0 aliphatic rings. The minimum absolute atomic E-state index is 0.138. The number of rotatable bonds is 3. The molecule has 0 saturated heterocycles. The Balaban J connectivity index is 2.07. The van der Waals surface area contributed by atoms with Crippen molar-refractivity contribution in [3.63, 3.8) is 0 Å². The first kappa shape index (κ1) is 11.7. The van der Waals surface area contributed by atoms with Gasteiger partial charge in [-0.3, -0.25) is 0 Å². The van der Waals surface area contributed by atoms with Crippen molar-refractivity contribution in [1.29, 1.82) is 0 Å². The van der Waals surface area contributed by atoms with Crippen LogP contribution in [0.4, 0.5) is 5.95 Å². The lowest BCUT2D eigenvalue weighted by Crippen LogP contribution is -2.09. The highest BCUT2D eigenvalue weighted by molar-refractivity contribution is 14.1. The standard InChI is InChI=1S/C10H11IN4S/c1-6-5-16-9(14-6)7(2)15-10-12-3-8(11)4-13-10/h3-5,7H,1-2H3,(H,12,13,15). The second-order valence-electron chi connectivity index (χ2n) is 3.42.